The Balaban J connectivity index is 2.43. The van der Waals surface area contributed by atoms with E-state index in [-0.39, 0.29) is 5.97 Å². The fraction of sp³-hybridized carbons (Fsp3) is 0.500. The maximum atomic E-state index is 11.7. The molecule has 1 aromatic rings. The first kappa shape index (κ1) is 14.5. The fourth-order valence-electron chi connectivity index (χ4n) is 1.31. The topological polar surface area (TPSA) is 38.8 Å². The molecule has 0 spiro atoms. The van der Waals surface area contributed by atoms with E-state index in [1.54, 1.807) is 24.3 Å². The minimum atomic E-state index is -0.293. The second-order valence-electron chi connectivity index (χ2n) is 4.31. The van der Waals surface area contributed by atoms with Gasteiger partial charge in [0.2, 0.25) is 0 Å². The summed E-state index contributed by atoms with van der Waals surface area (Å²) in [7, 11) is 3.88. The van der Waals surface area contributed by atoms with Gasteiger partial charge in [0.25, 0.3) is 0 Å². The lowest BCUT2D eigenvalue weighted by Crippen LogP contribution is -2.20. The van der Waals surface area contributed by atoms with Crippen LogP contribution in [0, 0.1) is 0 Å². The molecule has 4 heteroatoms. The van der Waals surface area contributed by atoms with Crippen molar-refractivity contribution in [3.05, 3.63) is 29.8 Å². The summed E-state index contributed by atoms with van der Waals surface area (Å²) >= 11 is 0. The second kappa shape index (κ2) is 7.71. The van der Waals surface area contributed by atoms with Gasteiger partial charge in [0, 0.05) is 6.54 Å². The first-order valence-corrected chi connectivity index (χ1v) is 6.18. The second-order valence-corrected chi connectivity index (χ2v) is 4.31. The molecule has 0 N–H and O–H groups in total. The first-order chi connectivity index (χ1) is 8.63. The molecule has 0 radical (unpaired) electrons. The third kappa shape index (κ3) is 5.19. The van der Waals surface area contributed by atoms with Crippen LogP contribution in [0.3, 0.4) is 0 Å². The van der Waals surface area contributed by atoms with E-state index in [2.05, 4.69) is 6.92 Å². The van der Waals surface area contributed by atoms with Crippen molar-refractivity contribution in [2.75, 3.05) is 33.9 Å². The third-order valence-electron chi connectivity index (χ3n) is 2.33. The van der Waals surface area contributed by atoms with Gasteiger partial charge < -0.3 is 14.4 Å². The zero-order chi connectivity index (χ0) is 13.4. The molecule has 0 aliphatic carbocycles. The molecule has 100 valence electrons. The molecule has 4 nitrogen and oxygen atoms in total. The maximum absolute atomic E-state index is 11.7. The monoisotopic (exact) mass is 251 g/mol. The van der Waals surface area contributed by atoms with Crippen LogP contribution in [0.15, 0.2) is 24.3 Å². The summed E-state index contributed by atoms with van der Waals surface area (Å²) in [6.45, 7) is 3.87. The Labute approximate surface area is 108 Å². The minimum Gasteiger partial charge on any atom is -0.494 e. The molecular weight excluding hydrogens is 230 g/mol. The van der Waals surface area contributed by atoms with Crippen LogP contribution in [0.2, 0.25) is 0 Å². The van der Waals surface area contributed by atoms with Crippen LogP contribution >= 0.6 is 0 Å². The van der Waals surface area contributed by atoms with Crippen molar-refractivity contribution in [2.24, 2.45) is 0 Å². The van der Waals surface area contributed by atoms with Gasteiger partial charge in [0.15, 0.2) is 0 Å². The molecule has 0 bridgehead atoms. The number of carbonyl (C=O) groups excluding carboxylic acids is 1. The normalized spacial score (nSPS) is 10.4. The molecule has 1 rings (SSSR count). The molecule has 0 heterocycles. The summed E-state index contributed by atoms with van der Waals surface area (Å²) in [5.74, 6) is 0.487. The predicted molar refractivity (Wildman–Crippen MR) is 71.1 cm³/mol. The molecule has 0 saturated heterocycles. The van der Waals surface area contributed by atoms with E-state index in [0.717, 1.165) is 18.7 Å². The molecule has 0 saturated carbocycles. The van der Waals surface area contributed by atoms with Crippen molar-refractivity contribution in [3.8, 4) is 5.75 Å². The number of esters is 1. The number of hydrogen-bond donors (Lipinski definition) is 0. The van der Waals surface area contributed by atoms with Crippen LogP contribution in [0.25, 0.3) is 0 Å². The van der Waals surface area contributed by atoms with Gasteiger partial charge in [-0.2, -0.15) is 0 Å². The smallest absolute Gasteiger partial charge is 0.338 e. The Kier molecular flexibility index (Phi) is 6.22. The van der Waals surface area contributed by atoms with E-state index in [9.17, 15) is 4.79 Å². The Morgan fingerprint density at radius 3 is 2.39 bits per heavy atom. The van der Waals surface area contributed by atoms with Crippen molar-refractivity contribution in [3.63, 3.8) is 0 Å². The molecule has 18 heavy (non-hydrogen) atoms. The van der Waals surface area contributed by atoms with E-state index in [1.807, 2.05) is 19.0 Å². The number of likely N-dealkylation sites (N-methyl/N-ethyl adjacent to an activating group) is 1. The highest BCUT2D eigenvalue weighted by molar-refractivity contribution is 5.89. The van der Waals surface area contributed by atoms with Crippen molar-refractivity contribution < 1.29 is 14.3 Å². The molecule has 0 fully saturated rings. The fourth-order valence-corrected chi connectivity index (χ4v) is 1.31. The van der Waals surface area contributed by atoms with Gasteiger partial charge in [-0.1, -0.05) is 6.92 Å². The molecule has 0 amide bonds. The quantitative estimate of drug-likeness (QED) is 0.696. The molecule has 1 aromatic carbocycles. The Morgan fingerprint density at radius 2 is 1.83 bits per heavy atom. The molecule has 0 aliphatic rings. The standard InChI is InChI=1S/C14H21NO3/c1-4-10-17-13-7-5-12(6-8-13)14(16)18-11-9-15(2)3/h5-8H,4,9-11H2,1-3H3. The lowest BCUT2D eigenvalue weighted by Gasteiger charge is -2.10. The summed E-state index contributed by atoms with van der Waals surface area (Å²) in [5.41, 5.74) is 0.553. The number of nitrogens with zero attached hydrogens (tertiary/aromatic N) is 1. The maximum Gasteiger partial charge on any atom is 0.338 e. The van der Waals surface area contributed by atoms with E-state index < -0.39 is 0 Å². The average Bonchev–Trinajstić information content (AvgIpc) is 2.36. The first-order valence-electron chi connectivity index (χ1n) is 6.18. The zero-order valence-electron chi connectivity index (χ0n) is 11.3. The molecule has 0 aromatic heterocycles. The highest BCUT2D eigenvalue weighted by atomic mass is 16.5. The SMILES string of the molecule is CCCOc1ccc(C(=O)OCCN(C)C)cc1. The van der Waals surface area contributed by atoms with Crippen LogP contribution in [-0.2, 0) is 4.74 Å². The Morgan fingerprint density at radius 1 is 1.17 bits per heavy atom. The lowest BCUT2D eigenvalue weighted by atomic mass is 10.2. The number of ether oxygens (including phenoxy) is 2. The van der Waals surface area contributed by atoms with Gasteiger partial charge in [-0.05, 0) is 44.8 Å². The van der Waals surface area contributed by atoms with Gasteiger partial charge in [-0.15, -0.1) is 0 Å². The Bertz CT molecular complexity index is 360. The van der Waals surface area contributed by atoms with Crippen molar-refractivity contribution >= 4 is 5.97 Å². The van der Waals surface area contributed by atoms with Crippen LogP contribution in [0.5, 0.6) is 5.75 Å². The van der Waals surface area contributed by atoms with Crippen LogP contribution < -0.4 is 4.74 Å². The van der Waals surface area contributed by atoms with Gasteiger partial charge in [0.1, 0.15) is 12.4 Å². The zero-order valence-corrected chi connectivity index (χ0v) is 11.3. The summed E-state index contributed by atoms with van der Waals surface area (Å²) in [4.78, 5) is 13.6. The Hall–Kier alpha value is -1.55. The van der Waals surface area contributed by atoms with Gasteiger partial charge >= 0.3 is 5.97 Å². The highest BCUT2D eigenvalue weighted by Gasteiger charge is 2.07. The minimum absolute atomic E-state index is 0.293. The van der Waals surface area contributed by atoms with E-state index in [0.29, 0.717) is 18.8 Å². The van der Waals surface area contributed by atoms with E-state index in [4.69, 9.17) is 9.47 Å². The third-order valence-corrected chi connectivity index (χ3v) is 2.33. The number of benzene rings is 1. The van der Waals surface area contributed by atoms with Crippen LogP contribution in [-0.4, -0.2) is 44.7 Å². The molecular formula is C14H21NO3. The van der Waals surface area contributed by atoms with Gasteiger partial charge in [0.05, 0.1) is 12.2 Å². The van der Waals surface area contributed by atoms with Crippen molar-refractivity contribution in [1.82, 2.24) is 4.90 Å². The molecule has 0 unspecified atom stereocenters. The van der Waals surface area contributed by atoms with Gasteiger partial charge in [-0.25, -0.2) is 4.79 Å². The summed E-state index contributed by atoms with van der Waals surface area (Å²) < 4.78 is 10.6. The molecule has 0 atom stereocenters. The van der Waals surface area contributed by atoms with Gasteiger partial charge in [-0.3, -0.25) is 0 Å². The number of carbonyl (C=O) groups is 1. The largest absolute Gasteiger partial charge is 0.494 e. The summed E-state index contributed by atoms with van der Waals surface area (Å²) in [6.07, 6.45) is 0.967. The van der Waals surface area contributed by atoms with Crippen LogP contribution in [0.1, 0.15) is 23.7 Å². The van der Waals surface area contributed by atoms with Crippen LogP contribution in [0.4, 0.5) is 0 Å². The van der Waals surface area contributed by atoms with E-state index >= 15 is 0 Å². The van der Waals surface area contributed by atoms with E-state index in [1.165, 1.54) is 0 Å². The summed E-state index contributed by atoms with van der Waals surface area (Å²) in [5, 5.41) is 0. The van der Waals surface area contributed by atoms with Crippen molar-refractivity contribution in [1.29, 1.82) is 0 Å². The summed E-state index contributed by atoms with van der Waals surface area (Å²) in [6, 6.07) is 7.03. The lowest BCUT2D eigenvalue weighted by molar-refractivity contribution is 0.0482. The van der Waals surface area contributed by atoms with Crippen molar-refractivity contribution in [2.45, 2.75) is 13.3 Å². The predicted octanol–water partition coefficient (Wildman–Crippen LogP) is 2.19. The highest BCUT2D eigenvalue weighted by Crippen LogP contribution is 2.13. The number of hydrogen-bond acceptors (Lipinski definition) is 4. The molecule has 0 aliphatic heterocycles. The average molecular weight is 251 g/mol. The number of rotatable bonds is 7.